The number of amides is 1. The van der Waals surface area contributed by atoms with Crippen LogP contribution in [0.5, 0.6) is 0 Å². The Hall–Kier alpha value is -0.920. The van der Waals surface area contributed by atoms with E-state index in [9.17, 15) is 9.18 Å². The van der Waals surface area contributed by atoms with Gasteiger partial charge in [0.15, 0.2) is 5.82 Å². The van der Waals surface area contributed by atoms with Crippen molar-refractivity contribution in [1.82, 2.24) is 4.98 Å². The second-order valence-electron chi connectivity index (χ2n) is 1.91. The third-order valence-corrected chi connectivity index (χ3v) is 2.18. The number of halogens is 2. The third kappa shape index (κ3) is 2.03. The van der Waals surface area contributed by atoms with Crippen LogP contribution in [-0.4, -0.2) is 16.2 Å². The van der Waals surface area contributed by atoms with Crippen molar-refractivity contribution in [3.63, 3.8) is 0 Å². The average molecular weight is 282 g/mol. The summed E-state index contributed by atoms with van der Waals surface area (Å²) in [5.74, 6) is -0.540. The molecule has 0 spiro atoms. The highest BCUT2D eigenvalue weighted by molar-refractivity contribution is 14.1. The molecule has 1 amide bonds. The van der Waals surface area contributed by atoms with Crippen molar-refractivity contribution in [2.75, 3.05) is 5.32 Å². The molecule has 0 saturated carbocycles. The van der Waals surface area contributed by atoms with E-state index >= 15 is 0 Å². The molecular weight excluding hydrogens is 278 g/mol. The van der Waals surface area contributed by atoms with Crippen LogP contribution in [0.4, 0.5) is 14.9 Å². The fourth-order valence-electron chi connectivity index (χ4n) is 0.622. The van der Waals surface area contributed by atoms with E-state index in [0.717, 1.165) is 6.20 Å². The number of rotatable bonds is 1. The van der Waals surface area contributed by atoms with Crippen LogP contribution in [-0.2, 0) is 0 Å². The lowest BCUT2D eigenvalue weighted by molar-refractivity contribution is 0.209. The second kappa shape index (κ2) is 3.65. The average Bonchev–Trinajstić information content (AvgIpc) is 1.98. The zero-order valence-corrected chi connectivity index (χ0v) is 7.87. The molecule has 1 aromatic rings. The number of hydrogen-bond donors (Lipinski definition) is 2. The number of carbonyl (C=O) groups is 1. The molecule has 0 bridgehead atoms. The molecule has 1 rings (SSSR count). The summed E-state index contributed by atoms with van der Waals surface area (Å²) in [6.07, 6.45) is 1.04. The lowest BCUT2D eigenvalue weighted by Gasteiger charge is -2.02. The number of nitrogens with one attached hydrogen (secondary N) is 1. The van der Waals surface area contributed by atoms with E-state index in [4.69, 9.17) is 5.11 Å². The van der Waals surface area contributed by atoms with Gasteiger partial charge in [-0.1, -0.05) is 0 Å². The summed E-state index contributed by atoms with van der Waals surface area (Å²) in [6.45, 7) is 0. The van der Waals surface area contributed by atoms with Crippen LogP contribution >= 0.6 is 22.6 Å². The van der Waals surface area contributed by atoms with Gasteiger partial charge in [-0.25, -0.2) is 9.18 Å². The minimum Gasteiger partial charge on any atom is -0.465 e. The highest BCUT2D eigenvalue weighted by atomic mass is 127. The van der Waals surface area contributed by atoms with Gasteiger partial charge in [-0.05, 0) is 22.6 Å². The number of anilines is 1. The fraction of sp³-hybridized carbons (Fsp3) is 0. The summed E-state index contributed by atoms with van der Waals surface area (Å²) >= 11 is 1.70. The van der Waals surface area contributed by atoms with Gasteiger partial charge in [0.05, 0.1) is 21.7 Å². The summed E-state index contributed by atoms with van der Waals surface area (Å²) in [5, 5.41) is 10.3. The van der Waals surface area contributed by atoms with E-state index in [1.165, 1.54) is 6.20 Å². The second-order valence-corrected chi connectivity index (χ2v) is 2.99. The van der Waals surface area contributed by atoms with E-state index in [0.29, 0.717) is 0 Å². The molecule has 0 saturated heterocycles. The van der Waals surface area contributed by atoms with Gasteiger partial charge in [0.1, 0.15) is 0 Å². The van der Waals surface area contributed by atoms with Crippen molar-refractivity contribution < 1.29 is 14.3 Å². The van der Waals surface area contributed by atoms with Gasteiger partial charge in [-0.2, -0.15) is 0 Å². The van der Waals surface area contributed by atoms with Crippen LogP contribution in [0.2, 0.25) is 0 Å². The molecule has 64 valence electrons. The first-order chi connectivity index (χ1) is 5.61. The lowest BCUT2D eigenvalue weighted by atomic mass is 10.4. The third-order valence-electron chi connectivity index (χ3n) is 1.08. The largest absolute Gasteiger partial charge is 0.465 e. The predicted octanol–water partition coefficient (Wildman–Crippen LogP) is 1.92. The van der Waals surface area contributed by atoms with E-state index < -0.39 is 11.9 Å². The minimum atomic E-state index is -1.24. The number of nitrogens with zero attached hydrogens (tertiary/aromatic N) is 1. The Morgan fingerprint density at radius 1 is 1.67 bits per heavy atom. The Morgan fingerprint density at radius 2 is 2.33 bits per heavy atom. The molecule has 12 heavy (non-hydrogen) atoms. The smallest absolute Gasteiger partial charge is 0.409 e. The summed E-state index contributed by atoms with van der Waals surface area (Å²) < 4.78 is 12.9. The highest BCUT2D eigenvalue weighted by Gasteiger charge is 2.07. The van der Waals surface area contributed by atoms with Crippen molar-refractivity contribution in [2.24, 2.45) is 0 Å². The summed E-state index contributed by atoms with van der Waals surface area (Å²) in [4.78, 5) is 13.7. The van der Waals surface area contributed by atoms with Crippen molar-refractivity contribution in [3.05, 3.63) is 21.8 Å². The maximum atomic E-state index is 12.7. The van der Waals surface area contributed by atoms with Crippen molar-refractivity contribution in [1.29, 1.82) is 0 Å². The molecule has 0 aliphatic heterocycles. The van der Waals surface area contributed by atoms with E-state index in [1.807, 2.05) is 5.32 Å². The van der Waals surface area contributed by atoms with Crippen LogP contribution in [0.25, 0.3) is 0 Å². The number of pyridine rings is 1. The van der Waals surface area contributed by atoms with Gasteiger partial charge in [0, 0.05) is 0 Å². The highest BCUT2D eigenvalue weighted by Crippen LogP contribution is 2.18. The standard InChI is InChI=1S/C6H4FIN2O2/c7-3-1-9-2-4(5(3)8)10-6(11)12/h1-2,10H,(H,11,12). The van der Waals surface area contributed by atoms with Crippen molar-refractivity contribution in [2.45, 2.75) is 0 Å². The normalized spacial score (nSPS) is 9.50. The maximum Gasteiger partial charge on any atom is 0.409 e. The predicted molar refractivity (Wildman–Crippen MR) is 48.6 cm³/mol. The number of aromatic nitrogens is 1. The van der Waals surface area contributed by atoms with Crippen LogP contribution in [0.3, 0.4) is 0 Å². The van der Waals surface area contributed by atoms with Gasteiger partial charge in [0.25, 0.3) is 0 Å². The quantitative estimate of drug-likeness (QED) is 0.773. The molecule has 0 radical (unpaired) electrons. The first-order valence-corrected chi connectivity index (χ1v) is 3.98. The monoisotopic (exact) mass is 282 g/mol. The molecule has 6 heteroatoms. The molecule has 0 aromatic carbocycles. The SMILES string of the molecule is O=C(O)Nc1cncc(F)c1I. The van der Waals surface area contributed by atoms with Gasteiger partial charge in [-0.3, -0.25) is 10.3 Å². The van der Waals surface area contributed by atoms with Gasteiger partial charge >= 0.3 is 6.09 Å². The van der Waals surface area contributed by atoms with E-state index in [2.05, 4.69) is 4.98 Å². The van der Waals surface area contributed by atoms with Gasteiger partial charge < -0.3 is 5.11 Å². The molecule has 0 atom stereocenters. The Kier molecular flexibility index (Phi) is 2.79. The summed E-state index contributed by atoms with van der Waals surface area (Å²) in [6, 6.07) is 0. The molecule has 0 aliphatic carbocycles. The molecule has 2 N–H and O–H groups in total. The summed E-state index contributed by atoms with van der Waals surface area (Å²) in [5.41, 5.74) is 0.156. The fourth-order valence-corrected chi connectivity index (χ4v) is 1.03. The number of hydrogen-bond acceptors (Lipinski definition) is 2. The van der Waals surface area contributed by atoms with E-state index in [1.54, 1.807) is 22.6 Å². The molecule has 0 fully saturated rings. The molecule has 4 nitrogen and oxygen atoms in total. The van der Waals surface area contributed by atoms with Crippen molar-refractivity contribution in [3.8, 4) is 0 Å². The molecule has 0 unspecified atom stereocenters. The molecule has 1 aromatic heterocycles. The summed E-state index contributed by atoms with van der Waals surface area (Å²) in [7, 11) is 0. The Morgan fingerprint density at radius 3 is 2.92 bits per heavy atom. The maximum absolute atomic E-state index is 12.7. The Balaban J connectivity index is 3.00. The number of carboxylic acid groups (broad SMARTS) is 1. The van der Waals surface area contributed by atoms with Crippen molar-refractivity contribution >= 4 is 34.4 Å². The van der Waals surface area contributed by atoms with Gasteiger partial charge in [0.2, 0.25) is 0 Å². The molecule has 1 heterocycles. The molecule has 0 aliphatic rings. The lowest BCUT2D eigenvalue weighted by Crippen LogP contribution is -2.09. The zero-order chi connectivity index (χ0) is 9.14. The zero-order valence-electron chi connectivity index (χ0n) is 5.71. The van der Waals surface area contributed by atoms with Crippen LogP contribution in [0.15, 0.2) is 12.4 Å². The van der Waals surface area contributed by atoms with Crippen LogP contribution < -0.4 is 5.32 Å². The van der Waals surface area contributed by atoms with Crippen LogP contribution in [0, 0.1) is 9.39 Å². The van der Waals surface area contributed by atoms with Gasteiger partial charge in [-0.15, -0.1) is 0 Å². The first kappa shape index (κ1) is 9.17. The Bertz CT molecular complexity index is 318. The molecular formula is C6H4FIN2O2. The minimum absolute atomic E-state index is 0.156. The Labute approximate surface area is 80.9 Å². The first-order valence-electron chi connectivity index (χ1n) is 2.90. The topological polar surface area (TPSA) is 62.2 Å². The van der Waals surface area contributed by atoms with Crippen LogP contribution in [0.1, 0.15) is 0 Å². The van der Waals surface area contributed by atoms with E-state index in [-0.39, 0.29) is 9.26 Å².